The predicted octanol–water partition coefficient (Wildman–Crippen LogP) is 1.60. The monoisotopic (exact) mass is 298 g/mol. The van der Waals surface area contributed by atoms with Gasteiger partial charge in [-0.2, -0.15) is 0 Å². The lowest BCUT2D eigenvalue weighted by molar-refractivity contribution is 0.0681. The molecule has 1 aromatic heterocycles. The van der Waals surface area contributed by atoms with E-state index in [1.807, 2.05) is 16.3 Å². The van der Waals surface area contributed by atoms with Crippen molar-refractivity contribution in [3.05, 3.63) is 16.3 Å². The fourth-order valence-electron chi connectivity index (χ4n) is 2.41. The molecule has 0 saturated carbocycles. The van der Waals surface area contributed by atoms with Gasteiger partial charge in [0.2, 0.25) is 0 Å². The van der Waals surface area contributed by atoms with Gasteiger partial charge in [-0.15, -0.1) is 11.3 Å². The number of hydrogen-bond donors (Lipinski definition) is 1. The molecule has 2 rings (SSSR count). The van der Waals surface area contributed by atoms with Crippen molar-refractivity contribution in [1.82, 2.24) is 10.2 Å². The van der Waals surface area contributed by atoms with Gasteiger partial charge in [0, 0.05) is 26.2 Å². The number of amides is 1. The molecule has 0 aromatic carbocycles. The topological polar surface area (TPSA) is 50.8 Å². The second-order valence-electron chi connectivity index (χ2n) is 4.86. The van der Waals surface area contributed by atoms with Crippen LogP contribution in [0.5, 0.6) is 5.75 Å². The molecule has 0 aliphatic carbocycles. The van der Waals surface area contributed by atoms with Crippen molar-refractivity contribution in [3.8, 4) is 5.75 Å². The lowest BCUT2D eigenvalue weighted by atomic mass is 10.2. The average Bonchev–Trinajstić information content (AvgIpc) is 3.13. The molecular formula is C14H22N2O3S. The van der Waals surface area contributed by atoms with Gasteiger partial charge >= 0.3 is 0 Å². The van der Waals surface area contributed by atoms with Gasteiger partial charge in [0.1, 0.15) is 10.6 Å². The highest BCUT2D eigenvalue weighted by Crippen LogP contribution is 2.26. The SMILES string of the molecule is COCCN(CC1CCCN1)C(=O)c1sccc1OC. The Morgan fingerprint density at radius 1 is 1.55 bits per heavy atom. The molecule has 1 unspecified atom stereocenters. The van der Waals surface area contributed by atoms with Crippen LogP contribution in [0.25, 0.3) is 0 Å². The number of carbonyl (C=O) groups excluding carboxylic acids is 1. The van der Waals surface area contributed by atoms with E-state index in [0.29, 0.717) is 29.8 Å². The number of thiophene rings is 1. The fourth-order valence-corrected chi connectivity index (χ4v) is 3.24. The van der Waals surface area contributed by atoms with Crippen LogP contribution < -0.4 is 10.1 Å². The molecule has 2 heterocycles. The first-order chi connectivity index (χ1) is 9.76. The van der Waals surface area contributed by atoms with Crippen molar-refractivity contribution in [3.63, 3.8) is 0 Å². The Hall–Kier alpha value is -1.11. The molecule has 1 saturated heterocycles. The quantitative estimate of drug-likeness (QED) is 0.831. The molecule has 1 atom stereocenters. The Morgan fingerprint density at radius 2 is 2.40 bits per heavy atom. The van der Waals surface area contributed by atoms with Gasteiger partial charge in [-0.25, -0.2) is 0 Å². The number of carbonyl (C=O) groups is 1. The normalized spacial score (nSPS) is 18.2. The maximum Gasteiger partial charge on any atom is 0.267 e. The molecule has 1 aliphatic rings. The largest absolute Gasteiger partial charge is 0.495 e. The third kappa shape index (κ3) is 3.71. The Bertz CT molecular complexity index is 430. The van der Waals surface area contributed by atoms with E-state index in [-0.39, 0.29) is 5.91 Å². The van der Waals surface area contributed by atoms with Crippen molar-refractivity contribution in [2.45, 2.75) is 18.9 Å². The molecule has 5 nitrogen and oxygen atoms in total. The van der Waals surface area contributed by atoms with Crippen molar-refractivity contribution >= 4 is 17.2 Å². The minimum Gasteiger partial charge on any atom is -0.495 e. The first-order valence-corrected chi connectivity index (χ1v) is 7.77. The van der Waals surface area contributed by atoms with E-state index in [2.05, 4.69) is 5.32 Å². The number of hydrogen-bond acceptors (Lipinski definition) is 5. The lowest BCUT2D eigenvalue weighted by Crippen LogP contribution is -2.42. The summed E-state index contributed by atoms with van der Waals surface area (Å²) in [5, 5.41) is 5.31. The molecule has 1 amide bonds. The number of methoxy groups -OCH3 is 2. The molecule has 0 spiro atoms. The van der Waals surface area contributed by atoms with Crippen LogP contribution in [-0.4, -0.2) is 57.3 Å². The molecule has 0 radical (unpaired) electrons. The molecule has 112 valence electrons. The van der Waals surface area contributed by atoms with Crippen LogP contribution in [0.2, 0.25) is 0 Å². The minimum absolute atomic E-state index is 0.0302. The Balaban J connectivity index is 2.06. The lowest BCUT2D eigenvalue weighted by Gasteiger charge is -2.25. The van der Waals surface area contributed by atoms with E-state index in [0.717, 1.165) is 19.5 Å². The van der Waals surface area contributed by atoms with Crippen molar-refractivity contribution < 1.29 is 14.3 Å². The van der Waals surface area contributed by atoms with Gasteiger partial charge in [-0.3, -0.25) is 4.79 Å². The zero-order valence-electron chi connectivity index (χ0n) is 12.1. The summed E-state index contributed by atoms with van der Waals surface area (Å²) >= 11 is 1.42. The van der Waals surface area contributed by atoms with E-state index in [4.69, 9.17) is 9.47 Å². The second kappa shape index (κ2) is 7.61. The standard InChI is InChI=1S/C14H22N2O3S/c1-18-8-7-16(10-11-4-3-6-15-11)14(17)13-12(19-2)5-9-20-13/h5,9,11,15H,3-4,6-8,10H2,1-2H3. The van der Waals surface area contributed by atoms with Crippen molar-refractivity contribution in [1.29, 1.82) is 0 Å². The van der Waals surface area contributed by atoms with Gasteiger partial charge in [-0.1, -0.05) is 0 Å². The molecule has 1 N–H and O–H groups in total. The van der Waals surface area contributed by atoms with Crippen LogP contribution in [0.1, 0.15) is 22.5 Å². The highest BCUT2D eigenvalue weighted by molar-refractivity contribution is 7.12. The van der Waals surface area contributed by atoms with Crippen molar-refractivity contribution in [2.75, 3.05) is 40.5 Å². The number of nitrogens with one attached hydrogen (secondary N) is 1. The summed E-state index contributed by atoms with van der Waals surface area (Å²) in [5.41, 5.74) is 0. The van der Waals surface area contributed by atoms with Gasteiger partial charge in [0.15, 0.2) is 0 Å². The third-order valence-corrected chi connectivity index (χ3v) is 4.38. The number of nitrogens with zero attached hydrogens (tertiary/aromatic N) is 1. The molecular weight excluding hydrogens is 276 g/mol. The second-order valence-corrected chi connectivity index (χ2v) is 5.77. The van der Waals surface area contributed by atoms with Crippen LogP contribution in [-0.2, 0) is 4.74 Å². The van der Waals surface area contributed by atoms with Crippen LogP contribution >= 0.6 is 11.3 Å². The fraction of sp³-hybridized carbons (Fsp3) is 0.643. The summed E-state index contributed by atoms with van der Waals surface area (Å²) in [6, 6.07) is 2.22. The summed E-state index contributed by atoms with van der Waals surface area (Å²) in [7, 11) is 3.25. The zero-order chi connectivity index (χ0) is 14.4. The van der Waals surface area contributed by atoms with Gasteiger partial charge < -0.3 is 19.7 Å². The molecule has 1 aliphatic heterocycles. The van der Waals surface area contributed by atoms with E-state index in [1.165, 1.54) is 17.8 Å². The Kier molecular flexibility index (Phi) is 5.82. The smallest absolute Gasteiger partial charge is 0.267 e. The van der Waals surface area contributed by atoms with Gasteiger partial charge in [-0.05, 0) is 30.8 Å². The van der Waals surface area contributed by atoms with E-state index in [9.17, 15) is 4.79 Å². The van der Waals surface area contributed by atoms with Gasteiger partial charge in [0.05, 0.1) is 13.7 Å². The maximum absolute atomic E-state index is 12.7. The maximum atomic E-state index is 12.7. The minimum atomic E-state index is 0.0302. The Labute approximate surface area is 123 Å². The summed E-state index contributed by atoms with van der Waals surface area (Å²) in [5.74, 6) is 0.685. The third-order valence-electron chi connectivity index (χ3n) is 3.50. The molecule has 1 fully saturated rings. The van der Waals surface area contributed by atoms with Crippen molar-refractivity contribution in [2.24, 2.45) is 0 Å². The molecule has 20 heavy (non-hydrogen) atoms. The van der Waals surface area contributed by atoms with Gasteiger partial charge in [0.25, 0.3) is 5.91 Å². The average molecular weight is 298 g/mol. The summed E-state index contributed by atoms with van der Waals surface area (Å²) in [6.07, 6.45) is 2.30. The van der Waals surface area contributed by atoms with Crippen LogP contribution in [0, 0.1) is 0 Å². The summed E-state index contributed by atoms with van der Waals surface area (Å²) < 4.78 is 10.4. The molecule has 1 aromatic rings. The predicted molar refractivity (Wildman–Crippen MR) is 79.7 cm³/mol. The van der Waals surface area contributed by atoms with E-state index < -0.39 is 0 Å². The first-order valence-electron chi connectivity index (χ1n) is 6.89. The van der Waals surface area contributed by atoms with Crippen LogP contribution in [0.4, 0.5) is 0 Å². The Morgan fingerprint density at radius 3 is 3.05 bits per heavy atom. The number of ether oxygens (including phenoxy) is 2. The summed E-state index contributed by atoms with van der Waals surface area (Å²) in [6.45, 7) is 2.92. The molecule has 6 heteroatoms. The zero-order valence-corrected chi connectivity index (χ0v) is 12.9. The van der Waals surface area contributed by atoms with E-state index in [1.54, 1.807) is 14.2 Å². The summed E-state index contributed by atoms with van der Waals surface area (Å²) in [4.78, 5) is 15.2. The highest BCUT2D eigenvalue weighted by atomic mass is 32.1. The number of rotatable bonds is 7. The first kappa shape index (κ1) is 15.3. The highest BCUT2D eigenvalue weighted by Gasteiger charge is 2.25. The molecule has 0 bridgehead atoms. The van der Waals surface area contributed by atoms with Crippen LogP contribution in [0.15, 0.2) is 11.4 Å². The van der Waals surface area contributed by atoms with Crippen LogP contribution in [0.3, 0.4) is 0 Å². The van der Waals surface area contributed by atoms with E-state index >= 15 is 0 Å².